The highest BCUT2D eigenvalue weighted by molar-refractivity contribution is 6.35. The normalized spacial score (nSPS) is 37.8. The summed E-state index contributed by atoms with van der Waals surface area (Å²) in [5.74, 6) is -4.19. The van der Waals surface area contributed by atoms with Gasteiger partial charge < -0.3 is 43.7 Å². The Kier molecular flexibility index (Phi) is 10.9. The van der Waals surface area contributed by atoms with Crippen LogP contribution in [0, 0.1) is 5.92 Å². The standard InChI is InChI=1S/C36H46ClN3O12/c1-18-10-9-11-26(49-8)36(47)16-24(50-33(45)38-36)19(2)30-35(5,52-30)27-15-28(42)40(22-13-21(12-18)14-23(48-7)29(22)37)17-25(41)34(4,46)32(44)39(6)20(3)31(43)51-27/h9-11,13-14,19-20,24,26-27,30,46-47H,12,15-17H2,1-8H3,(H,38,45)/b11-9+,18-10+/t19-,20+,24+,26-,27+,30+,34-,35+,36+/m1/s1. The minimum Gasteiger partial charge on any atom is -0.495 e. The lowest BCUT2D eigenvalue weighted by Gasteiger charge is -2.42. The van der Waals surface area contributed by atoms with Gasteiger partial charge in [0.05, 0.1) is 31.9 Å². The maximum absolute atomic E-state index is 14.5. The van der Waals surface area contributed by atoms with Gasteiger partial charge in [0.15, 0.2) is 11.5 Å². The van der Waals surface area contributed by atoms with Crippen molar-refractivity contribution in [2.75, 3.05) is 32.7 Å². The first-order valence-corrected chi connectivity index (χ1v) is 17.3. The number of epoxide rings is 1. The number of alkyl carbamates (subject to hydrolysis) is 1. The molecule has 52 heavy (non-hydrogen) atoms. The SMILES string of the molecule is COc1cc2cc(c1Cl)N1CC(=O)[C@@](C)(O)C(=O)N(C)[C@@H](C)C(=O)O[C@@H](CC1=O)[C@]1(C)O[C@H]1[C@H](C)[C@@H]1C[C@@](O)(NC(=O)O1)[C@H](OC)/C=C/C=C(\C)C2. The third-order valence-corrected chi connectivity index (χ3v) is 10.9. The van der Waals surface area contributed by atoms with Gasteiger partial charge in [-0.1, -0.05) is 42.3 Å². The fourth-order valence-electron chi connectivity index (χ4n) is 7.04. The van der Waals surface area contributed by atoms with E-state index in [-0.39, 0.29) is 22.9 Å². The van der Waals surface area contributed by atoms with Crippen molar-refractivity contribution in [2.24, 2.45) is 5.92 Å². The van der Waals surface area contributed by atoms with Crippen LogP contribution in [-0.4, -0.2) is 120 Å². The molecule has 6 bridgehead atoms. The number of esters is 1. The molecule has 3 N–H and O–H groups in total. The zero-order chi connectivity index (χ0) is 38.5. The van der Waals surface area contributed by atoms with E-state index in [9.17, 15) is 34.2 Å². The van der Waals surface area contributed by atoms with Crippen molar-refractivity contribution in [3.63, 3.8) is 0 Å². The summed E-state index contributed by atoms with van der Waals surface area (Å²) in [5.41, 5.74) is -4.34. The molecule has 5 rings (SSSR count). The lowest BCUT2D eigenvalue weighted by molar-refractivity contribution is -0.169. The van der Waals surface area contributed by atoms with E-state index < -0.39 is 95.9 Å². The Morgan fingerprint density at radius 2 is 1.75 bits per heavy atom. The van der Waals surface area contributed by atoms with Crippen LogP contribution in [0.25, 0.3) is 0 Å². The van der Waals surface area contributed by atoms with E-state index in [4.69, 9.17) is 35.3 Å². The fourth-order valence-corrected chi connectivity index (χ4v) is 7.33. The average molecular weight is 748 g/mol. The molecule has 0 aliphatic carbocycles. The number of benzene rings is 1. The zero-order valence-electron chi connectivity index (χ0n) is 30.4. The molecule has 0 saturated carbocycles. The Morgan fingerprint density at radius 1 is 1.06 bits per heavy atom. The van der Waals surface area contributed by atoms with E-state index in [1.165, 1.54) is 28.2 Å². The lowest BCUT2D eigenvalue weighted by atomic mass is 9.83. The van der Waals surface area contributed by atoms with E-state index in [1.807, 2.05) is 6.92 Å². The average Bonchev–Trinajstić information content (AvgIpc) is 3.78. The van der Waals surface area contributed by atoms with Crippen LogP contribution in [0.4, 0.5) is 10.5 Å². The van der Waals surface area contributed by atoms with E-state index in [0.29, 0.717) is 12.0 Å². The van der Waals surface area contributed by atoms with Gasteiger partial charge in [-0.25, -0.2) is 9.59 Å². The minimum atomic E-state index is -2.63. The Morgan fingerprint density at radius 3 is 2.40 bits per heavy atom. The predicted molar refractivity (Wildman–Crippen MR) is 186 cm³/mol. The molecule has 4 aliphatic heterocycles. The number of amides is 3. The van der Waals surface area contributed by atoms with Gasteiger partial charge in [0.25, 0.3) is 5.91 Å². The number of Topliss-reactive ketones (excluding diaryl/α,β-unsaturated/α-hetero) is 1. The van der Waals surface area contributed by atoms with Gasteiger partial charge >= 0.3 is 12.1 Å². The van der Waals surface area contributed by atoms with Gasteiger partial charge in [0.1, 0.15) is 40.7 Å². The smallest absolute Gasteiger partial charge is 0.409 e. The Balaban J connectivity index is 1.70. The minimum absolute atomic E-state index is 0.0182. The summed E-state index contributed by atoms with van der Waals surface area (Å²) in [6, 6.07) is 1.99. The quantitative estimate of drug-likeness (QED) is 0.227. The molecular formula is C36H46ClN3O12. The van der Waals surface area contributed by atoms with Crippen molar-refractivity contribution in [2.45, 2.75) is 101 Å². The predicted octanol–water partition coefficient (Wildman–Crippen LogP) is 2.22. The molecule has 0 spiro atoms. The van der Waals surface area contributed by atoms with Crippen molar-refractivity contribution < 1.29 is 57.9 Å². The Hall–Kier alpha value is -4.02. The van der Waals surface area contributed by atoms with Gasteiger partial charge in [-0.2, -0.15) is 0 Å². The van der Waals surface area contributed by atoms with E-state index in [0.717, 1.165) is 22.3 Å². The first-order chi connectivity index (χ1) is 24.3. The van der Waals surface area contributed by atoms with Crippen LogP contribution in [0.5, 0.6) is 5.75 Å². The number of nitrogens with zero attached hydrogens (tertiary/aromatic N) is 2. The topological polar surface area (TPSA) is 194 Å². The number of nitrogens with one attached hydrogen (secondary N) is 1. The molecule has 0 aromatic heterocycles. The Labute approximate surface area is 306 Å². The van der Waals surface area contributed by atoms with E-state index in [1.54, 1.807) is 44.2 Å². The second-order valence-electron chi connectivity index (χ2n) is 14.3. The third kappa shape index (κ3) is 7.29. The highest BCUT2D eigenvalue weighted by Gasteiger charge is 2.65. The van der Waals surface area contributed by atoms with Crippen LogP contribution in [0.2, 0.25) is 5.02 Å². The molecule has 3 fully saturated rings. The highest BCUT2D eigenvalue weighted by atomic mass is 35.5. The maximum Gasteiger partial charge on any atom is 0.409 e. The molecule has 1 aromatic carbocycles. The number of likely N-dealkylation sites (N-methyl/N-ethyl adjacent to an activating group) is 1. The number of rotatable bonds is 2. The van der Waals surface area contributed by atoms with Crippen LogP contribution in [0.1, 0.15) is 53.0 Å². The summed E-state index contributed by atoms with van der Waals surface area (Å²) in [6.07, 6.45) is -0.0658. The van der Waals surface area contributed by atoms with Gasteiger partial charge in [0, 0.05) is 26.5 Å². The number of carbonyl (C=O) groups excluding carboxylic acids is 5. The molecule has 0 unspecified atom stereocenters. The van der Waals surface area contributed by atoms with Crippen LogP contribution in [0.15, 0.2) is 35.9 Å². The molecule has 15 nitrogen and oxygen atoms in total. The number of halogens is 1. The molecule has 0 radical (unpaired) electrons. The largest absolute Gasteiger partial charge is 0.495 e. The van der Waals surface area contributed by atoms with Crippen molar-refractivity contribution in [1.82, 2.24) is 10.2 Å². The van der Waals surface area contributed by atoms with E-state index in [2.05, 4.69) is 5.32 Å². The van der Waals surface area contributed by atoms with Crippen LogP contribution < -0.4 is 15.0 Å². The van der Waals surface area contributed by atoms with Gasteiger partial charge in [-0.3, -0.25) is 19.7 Å². The summed E-state index contributed by atoms with van der Waals surface area (Å²) in [7, 11) is 4.04. The molecular weight excluding hydrogens is 702 g/mol. The summed E-state index contributed by atoms with van der Waals surface area (Å²) in [5, 5.41) is 25.4. The summed E-state index contributed by atoms with van der Waals surface area (Å²) in [4.78, 5) is 70.2. The van der Waals surface area contributed by atoms with Crippen molar-refractivity contribution >= 4 is 46.9 Å². The second kappa shape index (κ2) is 14.4. The van der Waals surface area contributed by atoms with Gasteiger partial charge in [-0.15, -0.1) is 0 Å². The number of carbonyl (C=O) groups is 5. The number of allylic oxidation sites excluding steroid dienone is 3. The second-order valence-corrected chi connectivity index (χ2v) is 14.7. The summed E-state index contributed by atoms with van der Waals surface area (Å²) in [6.45, 7) is 6.81. The lowest BCUT2D eigenvalue weighted by Crippen LogP contribution is -2.63. The first-order valence-electron chi connectivity index (χ1n) is 16.9. The molecule has 4 aliphatic rings. The number of ether oxygens (including phenoxy) is 5. The third-order valence-electron chi connectivity index (χ3n) is 10.6. The van der Waals surface area contributed by atoms with Crippen molar-refractivity contribution in [1.29, 1.82) is 0 Å². The van der Waals surface area contributed by atoms with Crippen molar-refractivity contribution in [3.8, 4) is 5.75 Å². The summed E-state index contributed by atoms with van der Waals surface area (Å²) < 4.78 is 28.9. The monoisotopic (exact) mass is 747 g/mol. The Bertz CT molecular complexity index is 1710. The zero-order valence-corrected chi connectivity index (χ0v) is 31.2. The van der Waals surface area contributed by atoms with Crippen LogP contribution in [-0.2, 0) is 44.5 Å². The van der Waals surface area contributed by atoms with E-state index >= 15 is 0 Å². The number of fused-ring (bicyclic) bond motifs is 10. The molecule has 16 heteroatoms. The number of hydrogen-bond donors (Lipinski definition) is 3. The first kappa shape index (κ1) is 39.2. The van der Waals surface area contributed by atoms with Gasteiger partial charge in [-0.05, 0) is 51.8 Å². The van der Waals surface area contributed by atoms with Crippen LogP contribution in [0.3, 0.4) is 0 Å². The number of aliphatic hydroxyl groups is 2. The van der Waals surface area contributed by atoms with Gasteiger partial charge in [0.2, 0.25) is 11.5 Å². The molecule has 9 atom stereocenters. The number of anilines is 1. The summed E-state index contributed by atoms with van der Waals surface area (Å²) >= 11 is 6.81. The van der Waals surface area contributed by atoms with Crippen LogP contribution >= 0.6 is 11.6 Å². The maximum atomic E-state index is 14.5. The number of ketones is 1. The molecule has 1 aromatic rings. The molecule has 3 saturated heterocycles. The number of methoxy groups -OCH3 is 2. The highest BCUT2D eigenvalue weighted by Crippen LogP contribution is 2.49. The molecule has 4 heterocycles. The number of hydrogen-bond acceptors (Lipinski definition) is 12. The molecule has 3 amide bonds. The molecule has 284 valence electrons. The fraction of sp³-hybridized carbons (Fsp3) is 0.583. The van der Waals surface area contributed by atoms with Crippen molar-refractivity contribution in [3.05, 3.63) is 46.5 Å².